The first-order valence-corrected chi connectivity index (χ1v) is 6.78. The van der Waals surface area contributed by atoms with Crippen molar-refractivity contribution >= 4 is 0 Å². The number of benzene rings is 1. The Balaban J connectivity index is 1.93. The lowest BCUT2D eigenvalue weighted by molar-refractivity contribution is 0.0281. The summed E-state index contributed by atoms with van der Waals surface area (Å²) in [6, 6.07) is 8.62. The molecular weight excluding hydrogens is 210 g/mol. The van der Waals surface area contributed by atoms with E-state index in [1.54, 1.807) is 0 Å². The van der Waals surface area contributed by atoms with Gasteiger partial charge in [0.2, 0.25) is 0 Å². The van der Waals surface area contributed by atoms with Crippen LogP contribution < -0.4 is 10.1 Å². The Hall–Kier alpha value is -1.02. The lowest BCUT2D eigenvalue weighted by Crippen LogP contribution is -2.42. The molecule has 1 aromatic carbocycles. The van der Waals surface area contributed by atoms with Gasteiger partial charge in [0.15, 0.2) is 0 Å². The van der Waals surface area contributed by atoms with Gasteiger partial charge in [-0.2, -0.15) is 0 Å². The second-order valence-corrected chi connectivity index (χ2v) is 5.36. The van der Waals surface area contributed by atoms with Crippen LogP contribution in [0.3, 0.4) is 0 Å². The van der Waals surface area contributed by atoms with E-state index in [0.29, 0.717) is 5.92 Å². The Bertz CT molecular complexity index is 404. The van der Waals surface area contributed by atoms with E-state index in [0.717, 1.165) is 18.7 Å². The fraction of sp³-hybridized carbons (Fsp3) is 0.600. The molecule has 0 saturated heterocycles. The van der Waals surface area contributed by atoms with Crippen LogP contribution in [0.2, 0.25) is 0 Å². The van der Waals surface area contributed by atoms with Gasteiger partial charge in [0.05, 0.1) is 0 Å². The molecule has 92 valence electrons. The molecule has 2 nitrogen and oxygen atoms in total. The molecule has 1 N–H and O–H groups in total. The van der Waals surface area contributed by atoms with E-state index in [4.69, 9.17) is 4.74 Å². The minimum atomic E-state index is 0.0882. The Morgan fingerprint density at radius 1 is 1.35 bits per heavy atom. The summed E-state index contributed by atoms with van der Waals surface area (Å²) in [5, 5.41) is 3.27. The number of nitrogens with one attached hydrogen (secondary N) is 1. The number of ether oxygens (including phenoxy) is 1. The van der Waals surface area contributed by atoms with Gasteiger partial charge in [0.1, 0.15) is 11.4 Å². The normalized spacial score (nSPS) is 30.5. The molecular formula is C15H21NO. The quantitative estimate of drug-likeness (QED) is 0.863. The van der Waals surface area contributed by atoms with E-state index in [2.05, 4.69) is 29.6 Å². The molecule has 1 aliphatic heterocycles. The highest BCUT2D eigenvalue weighted by Crippen LogP contribution is 2.53. The van der Waals surface area contributed by atoms with Crippen LogP contribution in [-0.4, -0.2) is 19.2 Å². The van der Waals surface area contributed by atoms with Gasteiger partial charge in [-0.15, -0.1) is 0 Å². The molecule has 1 aliphatic carbocycles. The van der Waals surface area contributed by atoms with Crippen LogP contribution in [0.1, 0.15) is 43.6 Å². The number of rotatable bonds is 3. The SMILES string of the molecule is CNCC[C@@]12CCCC[C@@H]1c1ccccc1O2. The summed E-state index contributed by atoms with van der Waals surface area (Å²) in [7, 11) is 2.02. The second kappa shape index (κ2) is 4.34. The Kier molecular flexibility index (Phi) is 2.83. The zero-order chi connectivity index (χ0) is 11.7. The van der Waals surface area contributed by atoms with Crippen LogP contribution in [0.5, 0.6) is 5.75 Å². The highest BCUT2D eigenvalue weighted by molar-refractivity contribution is 5.43. The Labute approximate surface area is 103 Å². The molecule has 17 heavy (non-hydrogen) atoms. The lowest BCUT2D eigenvalue weighted by atomic mass is 9.72. The predicted molar refractivity (Wildman–Crippen MR) is 69.6 cm³/mol. The summed E-state index contributed by atoms with van der Waals surface area (Å²) in [6.07, 6.45) is 6.30. The molecule has 0 bridgehead atoms. The zero-order valence-corrected chi connectivity index (χ0v) is 10.5. The maximum atomic E-state index is 6.36. The van der Waals surface area contributed by atoms with Crippen molar-refractivity contribution in [3.63, 3.8) is 0 Å². The number of hydrogen-bond donors (Lipinski definition) is 1. The van der Waals surface area contributed by atoms with Crippen molar-refractivity contribution in [3.05, 3.63) is 29.8 Å². The summed E-state index contributed by atoms with van der Waals surface area (Å²) in [4.78, 5) is 0. The molecule has 1 heterocycles. The van der Waals surface area contributed by atoms with Crippen LogP contribution in [0, 0.1) is 0 Å². The third kappa shape index (κ3) is 1.75. The molecule has 0 radical (unpaired) electrons. The van der Waals surface area contributed by atoms with Crippen LogP contribution in [0.15, 0.2) is 24.3 Å². The van der Waals surface area contributed by atoms with E-state index in [-0.39, 0.29) is 5.60 Å². The summed E-state index contributed by atoms with van der Waals surface area (Å²) in [6.45, 7) is 1.05. The van der Waals surface area contributed by atoms with Gasteiger partial charge < -0.3 is 10.1 Å². The van der Waals surface area contributed by atoms with Gasteiger partial charge in [0.25, 0.3) is 0 Å². The van der Waals surface area contributed by atoms with Crippen LogP contribution in [-0.2, 0) is 0 Å². The standard InChI is InChI=1S/C15H21NO/c1-16-11-10-15-9-5-4-7-13(15)12-6-2-3-8-14(12)17-15/h2-3,6,8,13,16H,4-5,7,9-11H2,1H3/t13-,15+/m1/s1. The maximum absolute atomic E-state index is 6.36. The average Bonchev–Trinajstić information content (AvgIpc) is 2.71. The van der Waals surface area contributed by atoms with Crippen molar-refractivity contribution in [2.75, 3.05) is 13.6 Å². The lowest BCUT2D eigenvalue weighted by Gasteiger charge is -2.38. The van der Waals surface area contributed by atoms with E-state index in [1.807, 2.05) is 7.05 Å². The first-order valence-electron chi connectivity index (χ1n) is 6.78. The molecule has 2 atom stereocenters. The molecule has 1 fully saturated rings. The number of fused-ring (bicyclic) bond motifs is 3. The first kappa shape index (κ1) is 11.1. The Morgan fingerprint density at radius 2 is 2.24 bits per heavy atom. The topological polar surface area (TPSA) is 21.3 Å². The van der Waals surface area contributed by atoms with Gasteiger partial charge in [-0.3, -0.25) is 0 Å². The van der Waals surface area contributed by atoms with Crippen LogP contribution in [0.4, 0.5) is 0 Å². The summed E-state index contributed by atoms with van der Waals surface area (Å²) in [5.74, 6) is 1.76. The Morgan fingerprint density at radius 3 is 3.12 bits per heavy atom. The zero-order valence-electron chi connectivity index (χ0n) is 10.5. The van der Waals surface area contributed by atoms with Gasteiger partial charge in [0, 0.05) is 17.9 Å². The summed E-state index contributed by atoms with van der Waals surface area (Å²) >= 11 is 0. The molecule has 1 aromatic rings. The fourth-order valence-corrected chi connectivity index (χ4v) is 3.54. The van der Waals surface area contributed by atoms with E-state index in [9.17, 15) is 0 Å². The summed E-state index contributed by atoms with van der Waals surface area (Å²) in [5.41, 5.74) is 1.54. The molecule has 3 rings (SSSR count). The van der Waals surface area contributed by atoms with E-state index < -0.39 is 0 Å². The van der Waals surface area contributed by atoms with Crippen molar-refractivity contribution in [2.24, 2.45) is 0 Å². The fourth-order valence-electron chi connectivity index (χ4n) is 3.54. The monoisotopic (exact) mass is 231 g/mol. The minimum absolute atomic E-state index is 0.0882. The molecule has 2 aliphatic rings. The smallest absolute Gasteiger partial charge is 0.123 e. The number of para-hydroxylation sites is 1. The molecule has 2 heteroatoms. The van der Waals surface area contributed by atoms with E-state index >= 15 is 0 Å². The summed E-state index contributed by atoms with van der Waals surface area (Å²) < 4.78 is 6.36. The first-order chi connectivity index (χ1) is 8.36. The van der Waals surface area contributed by atoms with Crippen LogP contribution >= 0.6 is 0 Å². The van der Waals surface area contributed by atoms with Crippen molar-refractivity contribution in [3.8, 4) is 5.75 Å². The third-order valence-corrected chi connectivity index (χ3v) is 4.38. The average molecular weight is 231 g/mol. The van der Waals surface area contributed by atoms with E-state index in [1.165, 1.54) is 31.2 Å². The predicted octanol–water partition coefficient (Wildman–Crippen LogP) is 3.08. The third-order valence-electron chi connectivity index (χ3n) is 4.38. The molecule has 1 saturated carbocycles. The van der Waals surface area contributed by atoms with Crippen LogP contribution in [0.25, 0.3) is 0 Å². The molecule has 0 unspecified atom stereocenters. The van der Waals surface area contributed by atoms with Gasteiger partial charge in [-0.25, -0.2) is 0 Å². The molecule has 0 spiro atoms. The van der Waals surface area contributed by atoms with Crippen molar-refractivity contribution in [1.29, 1.82) is 0 Å². The van der Waals surface area contributed by atoms with Gasteiger partial charge in [-0.05, 0) is 38.9 Å². The highest BCUT2D eigenvalue weighted by Gasteiger charge is 2.48. The highest BCUT2D eigenvalue weighted by atomic mass is 16.5. The van der Waals surface area contributed by atoms with Crippen molar-refractivity contribution in [2.45, 2.75) is 43.6 Å². The minimum Gasteiger partial charge on any atom is -0.486 e. The van der Waals surface area contributed by atoms with Crippen molar-refractivity contribution < 1.29 is 4.74 Å². The van der Waals surface area contributed by atoms with Gasteiger partial charge >= 0.3 is 0 Å². The number of hydrogen-bond acceptors (Lipinski definition) is 2. The maximum Gasteiger partial charge on any atom is 0.123 e. The molecule has 0 amide bonds. The van der Waals surface area contributed by atoms with Crippen molar-refractivity contribution in [1.82, 2.24) is 5.32 Å². The largest absolute Gasteiger partial charge is 0.486 e. The molecule has 0 aromatic heterocycles. The second-order valence-electron chi connectivity index (χ2n) is 5.36. The van der Waals surface area contributed by atoms with Gasteiger partial charge in [-0.1, -0.05) is 24.6 Å².